The van der Waals surface area contributed by atoms with Crippen molar-refractivity contribution in [2.75, 3.05) is 24.6 Å². The van der Waals surface area contributed by atoms with Gasteiger partial charge in [0, 0.05) is 25.2 Å². The molecule has 0 aliphatic carbocycles. The van der Waals surface area contributed by atoms with Crippen LogP contribution in [0.25, 0.3) is 10.2 Å². The first kappa shape index (κ1) is 19.6. The zero-order valence-corrected chi connectivity index (χ0v) is 17.9. The van der Waals surface area contributed by atoms with Crippen molar-refractivity contribution in [3.63, 3.8) is 0 Å². The second kappa shape index (κ2) is 8.37. The van der Waals surface area contributed by atoms with Gasteiger partial charge in [0.2, 0.25) is 0 Å². The van der Waals surface area contributed by atoms with Gasteiger partial charge >= 0.3 is 0 Å². The van der Waals surface area contributed by atoms with E-state index in [0.717, 1.165) is 51.8 Å². The van der Waals surface area contributed by atoms with Crippen molar-refractivity contribution in [1.82, 2.24) is 15.3 Å². The van der Waals surface area contributed by atoms with Gasteiger partial charge in [-0.2, -0.15) is 0 Å². The highest BCUT2D eigenvalue weighted by Crippen LogP contribution is 2.36. The van der Waals surface area contributed by atoms with Crippen LogP contribution in [0.4, 0.5) is 5.82 Å². The average Bonchev–Trinajstić information content (AvgIpc) is 3.35. The van der Waals surface area contributed by atoms with Crippen molar-refractivity contribution in [2.24, 2.45) is 0 Å². The van der Waals surface area contributed by atoms with Gasteiger partial charge in [-0.25, -0.2) is 9.97 Å². The Morgan fingerprint density at radius 3 is 2.72 bits per heavy atom. The van der Waals surface area contributed by atoms with Crippen LogP contribution in [0.5, 0.6) is 5.75 Å². The Kier molecular flexibility index (Phi) is 5.67. The third kappa shape index (κ3) is 3.92. The maximum Gasteiger partial charge on any atom is 0.261 e. The lowest BCUT2D eigenvalue weighted by Gasteiger charge is -2.18. The van der Waals surface area contributed by atoms with Crippen molar-refractivity contribution in [2.45, 2.75) is 40.2 Å². The van der Waals surface area contributed by atoms with Crippen LogP contribution in [-0.4, -0.2) is 35.6 Å². The van der Waals surface area contributed by atoms with E-state index in [4.69, 9.17) is 9.72 Å². The van der Waals surface area contributed by atoms with E-state index in [0.29, 0.717) is 18.0 Å². The Hall–Kier alpha value is -2.67. The molecule has 29 heavy (non-hydrogen) atoms. The van der Waals surface area contributed by atoms with Gasteiger partial charge in [-0.15, -0.1) is 11.3 Å². The van der Waals surface area contributed by atoms with Crippen molar-refractivity contribution >= 4 is 33.3 Å². The van der Waals surface area contributed by atoms with Crippen LogP contribution in [0, 0.1) is 13.8 Å². The van der Waals surface area contributed by atoms with E-state index in [1.807, 2.05) is 45.0 Å². The summed E-state index contributed by atoms with van der Waals surface area (Å²) in [6.07, 6.45) is 2.36. The van der Waals surface area contributed by atoms with Crippen molar-refractivity contribution in [1.29, 1.82) is 0 Å². The number of amides is 1. The number of ether oxygens (including phenoxy) is 1. The molecular weight excluding hydrogens is 384 g/mol. The largest absolute Gasteiger partial charge is 0.494 e. The quantitative estimate of drug-likeness (QED) is 0.658. The zero-order valence-electron chi connectivity index (χ0n) is 17.1. The van der Waals surface area contributed by atoms with E-state index >= 15 is 0 Å². The molecule has 6 nitrogen and oxygen atoms in total. The summed E-state index contributed by atoms with van der Waals surface area (Å²) in [5.74, 6) is 2.45. The molecule has 1 amide bonds. The number of anilines is 1. The predicted molar refractivity (Wildman–Crippen MR) is 117 cm³/mol. The minimum Gasteiger partial charge on any atom is -0.494 e. The number of rotatable bonds is 6. The summed E-state index contributed by atoms with van der Waals surface area (Å²) in [7, 11) is 0. The molecule has 1 saturated heterocycles. The van der Waals surface area contributed by atoms with E-state index in [2.05, 4.69) is 15.2 Å². The third-order valence-corrected chi connectivity index (χ3v) is 6.39. The van der Waals surface area contributed by atoms with Crippen LogP contribution >= 0.6 is 11.3 Å². The first-order valence-electron chi connectivity index (χ1n) is 10.1. The molecule has 0 saturated carbocycles. The highest BCUT2D eigenvalue weighted by molar-refractivity contribution is 7.20. The fourth-order valence-corrected chi connectivity index (χ4v) is 4.94. The monoisotopic (exact) mass is 410 g/mol. The second-order valence-corrected chi connectivity index (χ2v) is 8.25. The maximum absolute atomic E-state index is 13.0. The molecule has 3 aromatic rings. The Bertz CT molecular complexity index is 1040. The molecule has 2 aromatic heterocycles. The predicted octanol–water partition coefficient (Wildman–Crippen LogP) is 4.24. The molecular formula is C22H26N4O2S. The Balaban J connectivity index is 1.62. The van der Waals surface area contributed by atoms with E-state index in [1.165, 1.54) is 24.2 Å². The number of hydrogen-bond acceptors (Lipinski definition) is 6. The molecule has 7 heteroatoms. The number of carbonyl (C=O) groups is 1. The van der Waals surface area contributed by atoms with Crippen LogP contribution < -0.4 is 15.0 Å². The third-order valence-electron chi connectivity index (χ3n) is 5.21. The second-order valence-electron chi connectivity index (χ2n) is 7.25. The topological polar surface area (TPSA) is 67.3 Å². The summed E-state index contributed by atoms with van der Waals surface area (Å²) in [4.78, 5) is 26.2. The number of aromatic nitrogens is 2. The lowest BCUT2D eigenvalue weighted by Crippen LogP contribution is -2.23. The van der Waals surface area contributed by atoms with E-state index in [-0.39, 0.29) is 5.91 Å². The average molecular weight is 411 g/mol. The zero-order chi connectivity index (χ0) is 20.4. The molecule has 4 rings (SSSR count). The van der Waals surface area contributed by atoms with Crippen LogP contribution in [0.3, 0.4) is 0 Å². The molecule has 1 fully saturated rings. The van der Waals surface area contributed by atoms with Crippen molar-refractivity contribution in [3.8, 4) is 5.75 Å². The van der Waals surface area contributed by atoms with Gasteiger partial charge in [0.1, 0.15) is 22.2 Å². The van der Waals surface area contributed by atoms with Crippen molar-refractivity contribution in [3.05, 3.63) is 46.1 Å². The number of nitrogens with one attached hydrogen (secondary N) is 1. The summed E-state index contributed by atoms with van der Waals surface area (Å²) in [5, 5.41) is 4.07. The molecule has 1 aliphatic rings. The summed E-state index contributed by atoms with van der Waals surface area (Å²) >= 11 is 1.45. The molecule has 0 radical (unpaired) electrons. The summed E-state index contributed by atoms with van der Waals surface area (Å²) in [5.41, 5.74) is 1.93. The van der Waals surface area contributed by atoms with Crippen LogP contribution in [0.2, 0.25) is 0 Å². The lowest BCUT2D eigenvalue weighted by atomic mass is 10.1. The minimum atomic E-state index is -0.0816. The normalized spacial score (nSPS) is 13.8. The number of aryl methyl sites for hydroxylation is 2. The molecule has 0 atom stereocenters. The van der Waals surface area contributed by atoms with Crippen LogP contribution in [0.1, 0.15) is 46.4 Å². The lowest BCUT2D eigenvalue weighted by molar-refractivity contribution is 0.0954. The number of nitrogens with zero attached hydrogens (tertiary/aromatic N) is 3. The Labute approximate surface area is 174 Å². The first-order chi connectivity index (χ1) is 14.1. The highest BCUT2D eigenvalue weighted by atomic mass is 32.1. The van der Waals surface area contributed by atoms with Gasteiger partial charge in [-0.05, 0) is 45.2 Å². The van der Waals surface area contributed by atoms with Gasteiger partial charge in [0.15, 0.2) is 0 Å². The van der Waals surface area contributed by atoms with Gasteiger partial charge in [-0.3, -0.25) is 4.79 Å². The van der Waals surface area contributed by atoms with Gasteiger partial charge < -0.3 is 15.0 Å². The van der Waals surface area contributed by atoms with Crippen molar-refractivity contribution < 1.29 is 9.53 Å². The molecule has 1 aliphatic heterocycles. The van der Waals surface area contributed by atoms with Gasteiger partial charge in [0.25, 0.3) is 5.91 Å². The molecule has 152 valence electrons. The van der Waals surface area contributed by atoms with Crippen LogP contribution in [0.15, 0.2) is 24.3 Å². The first-order valence-corrected chi connectivity index (χ1v) is 10.9. The fraction of sp³-hybridized carbons (Fsp3) is 0.409. The highest BCUT2D eigenvalue weighted by Gasteiger charge is 2.24. The van der Waals surface area contributed by atoms with E-state index in [9.17, 15) is 4.79 Å². The number of hydrogen-bond donors (Lipinski definition) is 1. The smallest absolute Gasteiger partial charge is 0.261 e. The molecule has 0 unspecified atom stereocenters. The molecule has 3 heterocycles. The summed E-state index contributed by atoms with van der Waals surface area (Å²) in [6, 6.07) is 7.79. The SMILES string of the molecule is CCOc1ccccc1CNC(=O)c1sc2nc(C)nc(N3CCCC3)c2c1C. The summed E-state index contributed by atoms with van der Waals surface area (Å²) in [6.45, 7) is 8.91. The molecule has 1 aromatic carbocycles. The summed E-state index contributed by atoms with van der Waals surface area (Å²) < 4.78 is 5.66. The minimum absolute atomic E-state index is 0.0816. The maximum atomic E-state index is 13.0. The standard InChI is InChI=1S/C22H26N4O2S/c1-4-28-17-10-6-5-9-16(17)13-23-21(27)19-14(2)18-20(26-11-7-8-12-26)24-15(3)25-22(18)29-19/h5-6,9-10H,4,7-8,11-13H2,1-3H3,(H,23,27). The van der Waals surface area contributed by atoms with Crippen LogP contribution in [-0.2, 0) is 6.54 Å². The molecule has 0 bridgehead atoms. The van der Waals surface area contributed by atoms with E-state index < -0.39 is 0 Å². The number of para-hydroxylation sites is 1. The van der Waals surface area contributed by atoms with Gasteiger partial charge in [-0.1, -0.05) is 18.2 Å². The number of carbonyl (C=O) groups excluding carboxylic acids is 1. The fourth-order valence-electron chi connectivity index (χ4n) is 3.80. The number of benzene rings is 1. The molecule has 1 N–H and O–H groups in total. The van der Waals surface area contributed by atoms with Gasteiger partial charge in [0.05, 0.1) is 16.9 Å². The number of thiophene rings is 1. The Morgan fingerprint density at radius 2 is 1.97 bits per heavy atom. The number of fused-ring (bicyclic) bond motifs is 1. The molecule has 0 spiro atoms. The Morgan fingerprint density at radius 1 is 1.21 bits per heavy atom. The van der Waals surface area contributed by atoms with E-state index in [1.54, 1.807) is 0 Å².